The summed E-state index contributed by atoms with van der Waals surface area (Å²) in [5, 5.41) is 10.2. The van der Waals surface area contributed by atoms with E-state index in [1.165, 1.54) is 23.4 Å². The smallest absolute Gasteiger partial charge is 0.272 e. The average molecular weight is 481 g/mol. The van der Waals surface area contributed by atoms with Gasteiger partial charge < -0.3 is 10.1 Å². The molecule has 1 amide bonds. The first-order chi connectivity index (χ1) is 16.1. The number of carbonyl (C=O) groups excluding carboxylic acids is 1. The van der Waals surface area contributed by atoms with E-state index in [1.54, 1.807) is 24.5 Å². The van der Waals surface area contributed by atoms with Gasteiger partial charge in [0.05, 0.1) is 29.9 Å². The number of hydrogen-bond donors (Lipinski definition) is 1. The third-order valence-electron chi connectivity index (χ3n) is 5.96. The van der Waals surface area contributed by atoms with Crippen LogP contribution in [-0.4, -0.2) is 34.3 Å². The van der Waals surface area contributed by atoms with Gasteiger partial charge in [-0.05, 0) is 43.9 Å². The summed E-state index contributed by atoms with van der Waals surface area (Å²) >= 11 is 7.89. The molecule has 33 heavy (non-hydrogen) atoms. The summed E-state index contributed by atoms with van der Waals surface area (Å²) < 4.78 is 7.32. The predicted octanol–water partition coefficient (Wildman–Crippen LogP) is 5.05. The number of fused-ring (bicyclic) bond motifs is 2. The van der Waals surface area contributed by atoms with Crippen molar-refractivity contribution in [1.82, 2.24) is 20.1 Å². The third-order valence-corrected chi connectivity index (χ3v) is 7.41. The Morgan fingerprint density at radius 3 is 2.91 bits per heavy atom. The van der Waals surface area contributed by atoms with E-state index in [0.717, 1.165) is 40.7 Å². The van der Waals surface area contributed by atoms with Gasteiger partial charge in [0.2, 0.25) is 0 Å². The van der Waals surface area contributed by atoms with Crippen molar-refractivity contribution in [3.05, 3.63) is 74.3 Å². The Balaban J connectivity index is 1.33. The molecule has 0 fully saturated rings. The maximum Gasteiger partial charge on any atom is 0.272 e. The van der Waals surface area contributed by atoms with Gasteiger partial charge in [-0.25, -0.2) is 4.98 Å². The van der Waals surface area contributed by atoms with Gasteiger partial charge in [0, 0.05) is 33.8 Å². The van der Waals surface area contributed by atoms with Gasteiger partial charge in [-0.2, -0.15) is 5.10 Å². The molecule has 2 aromatic heterocycles. The molecule has 1 N–H and O–H groups in total. The van der Waals surface area contributed by atoms with Gasteiger partial charge >= 0.3 is 0 Å². The van der Waals surface area contributed by atoms with Crippen LogP contribution in [-0.2, 0) is 25.8 Å². The Morgan fingerprint density at radius 2 is 2.06 bits per heavy atom. The second-order valence-corrected chi connectivity index (χ2v) is 9.77. The molecular formula is C25H25ClN4O2S. The van der Waals surface area contributed by atoms with Gasteiger partial charge in [-0.15, -0.1) is 11.3 Å². The van der Waals surface area contributed by atoms with Crippen molar-refractivity contribution >= 4 is 39.7 Å². The van der Waals surface area contributed by atoms with Crippen molar-refractivity contribution < 1.29 is 9.53 Å². The quantitative estimate of drug-likeness (QED) is 0.401. The third kappa shape index (κ3) is 4.61. The highest BCUT2D eigenvalue weighted by atomic mass is 35.5. The number of carbonyl (C=O) groups is 1. The molecule has 2 heterocycles. The molecule has 1 aliphatic carbocycles. The number of halogens is 1. The second kappa shape index (κ2) is 9.53. The number of para-hydroxylation sites is 1. The Labute approximate surface area is 201 Å². The van der Waals surface area contributed by atoms with E-state index in [9.17, 15) is 4.79 Å². The first kappa shape index (κ1) is 21.9. The Bertz CT molecular complexity index is 1290. The minimum atomic E-state index is -0.172. The first-order valence-corrected chi connectivity index (χ1v) is 12.4. The van der Waals surface area contributed by atoms with E-state index >= 15 is 0 Å². The van der Waals surface area contributed by atoms with E-state index in [4.69, 9.17) is 21.3 Å². The molecule has 0 unspecified atom stereocenters. The lowest BCUT2D eigenvalue weighted by Crippen LogP contribution is -2.26. The molecule has 0 aliphatic heterocycles. The summed E-state index contributed by atoms with van der Waals surface area (Å²) in [5.41, 5.74) is 3.52. The average Bonchev–Trinajstić information content (AvgIpc) is 3.41. The number of nitrogens with one attached hydrogen (secondary N) is 1. The number of hydrogen-bond acceptors (Lipinski definition) is 5. The van der Waals surface area contributed by atoms with Crippen molar-refractivity contribution in [3.63, 3.8) is 0 Å². The van der Waals surface area contributed by atoms with Gasteiger partial charge in [0.15, 0.2) is 5.69 Å². The minimum absolute atomic E-state index is 0.172. The molecule has 0 saturated heterocycles. The summed E-state index contributed by atoms with van der Waals surface area (Å²) in [6.07, 6.45) is 5.44. The van der Waals surface area contributed by atoms with Gasteiger partial charge in [0.25, 0.3) is 5.91 Å². The molecule has 0 spiro atoms. The first-order valence-electron chi connectivity index (χ1n) is 11.2. The summed E-state index contributed by atoms with van der Waals surface area (Å²) in [5.74, 6) is 0.522. The van der Waals surface area contributed by atoms with Crippen LogP contribution in [0.3, 0.4) is 0 Å². The van der Waals surface area contributed by atoms with Crippen LogP contribution in [0.4, 0.5) is 0 Å². The molecule has 0 bridgehead atoms. The molecule has 6 nitrogen and oxygen atoms in total. The maximum atomic E-state index is 13.0. The van der Waals surface area contributed by atoms with E-state index in [2.05, 4.69) is 10.4 Å². The molecule has 1 aliphatic rings. The lowest BCUT2D eigenvalue weighted by molar-refractivity contribution is 0.0950. The number of aryl methyl sites for hydroxylation is 2. The predicted molar refractivity (Wildman–Crippen MR) is 132 cm³/mol. The molecule has 5 rings (SSSR count). The summed E-state index contributed by atoms with van der Waals surface area (Å²) in [6.45, 7) is 1.01. The fourth-order valence-corrected chi connectivity index (χ4v) is 5.62. The van der Waals surface area contributed by atoms with Gasteiger partial charge in [-0.3, -0.25) is 9.48 Å². The normalized spacial score (nSPS) is 13.2. The Hall–Kier alpha value is -2.90. The van der Waals surface area contributed by atoms with E-state index < -0.39 is 0 Å². The van der Waals surface area contributed by atoms with Crippen molar-refractivity contribution in [2.75, 3.05) is 13.7 Å². The second-order valence-electron chi connectivity index (χ2n) is 8.17. The van der Waals surface area contributed by atoms with Crippen LogP contribution in [0.2, 0.25) is 5.02 Å². The largest absolute Gasteiger partial charge is 0.496 e. The zero-order chi connectivity index (χ0) is 22.8. The number of amides is 1. The highest BCUT2D eigenvalue weighted by Gasteiger charge is 2.19. The maximum absolute atomic E-state index is 13.0. The van der Waals surface area contributed by atoms with E-state index in [-0.39, 0.29) is 5.91 Å². The molecule has 0 atom stereocenters. The molecule has 0 radical (unpaired) electrons. The fraction of sp³-hybridized carbons (Fsp3) is 0.320. The lowest BCUT2D eigenvalue weighted by atomic mass is 10.0. The number of benzene rings is 2. The van der Waals surface area contributed by atoms with Crippen LogP contribution in [0.1, 0.15) is 44.5 Å². The monoisotopic (exact) mass is 480 g/mol. The molecule has 170 valence electrons. The number of rotatable bonds is 7. The van der Waals surface area contributed by atoms with Crippen LogP contribution in [0.25, 0.3) is 10.9 Å². The summed E-state index contributed by atoms with van der Waals surface area (Å²) in [4.78, 5) is 19.2. The van der Waals surface area contributed by atoms with Crippen molar-refractivity contribution in [3.8, 4) is 5.75 Å². The molecule has 2 aromatic carbocycles. The molecule has 0 saturated carbocycles. The van der Waals surface area contributed by atoms with Gasteiger partial charge in [0.1, 0.15) is 5.75 Å². The number of nitrogens with zero attached hydrogens (tertiary/aromatic N) is 3. The Kier molecular flexibility index (Phi) is 6.33. The topological polar surface area (TPSA) is 69.0 Å². The van der Waals surface area contributed by atoms with Crippen LogP contribution in [0, 0.1) is 0 Å². The highest BCUT2D eigenvalue weighted by Crippen LogP contribution is 2.28. The standard InChI is InChI=1S/C25H25ClN4O2S/c1-32-21-14-17(26)11-10-16(21)15-30-20-8-4-2-6-18(20)24(29-30)25(31)27-13-12-23-28-19-7-3-5-9-22(19)33-23/h2,4,6,8,10-11,14H,3,5,7,9,12-13,15H2,1H3,(H,27,31). The number of methoxy groups -OCH3 is 1. The van der Waals surface area contributed by atoms with Crippen LogP contribution in [0.5, 0.6) is 5.75 Å². The van der Waals surface area contributed by atoms with Gasteiger partial charge in [-0.1, -0.05) is 35.9 Å². The number of aromatic nitrogens is 3. The number of thiazole rings is 1. The van der Waals surface area contributed by atoms with Crippen molar-refractivity contribution in [2.45, 2.75) is 38.6 Å². The molecule has 4 aromatic rings. The van der Waals surface area contributed by atoms with Crippen LogP contribution < -0.4 is 10.1 Å². The highest BCUT2D eigenvalue weighted by molar-refractivity contribution is 7.11. The zero-order valence-corrected chi connectivity index (χ0v) is 20.0. The Morgan fingerprint density at radius 1 is 1.21 bits per heavy atom. The number of ether oxygens (including phenoxy) is 1. The van der Waals surface area contributed by atoms with Crippen LogP contribution in [0.15, 0.2) is 42.5 Å². The lowest BCUT2D eigenvalue weighted by Gasteiger charge is -2.09. The zero-order valence-electron chi connectivity index (χ0n) is 18.4. The van der Waals surface area contributed by atoms with Crippen molar-refractivity contribution in [1.29, 1.82) is 0 Å². The summed E-state index contributed by atoms with van der Waals surface area (Å²) in [6, 6.07) is 13.3. The van der Waals surface area contributed by atoms with E-state index in [1.807, 2.05) is 41.1 Å². The molecular weight excluding hydrogens is 456 g/mol. The summed E-state index contributed by atoms with van der Waals surface area (Å²) in [7, 11) is 1.62. The molecule has 8 heteroatoms. The van der Waals surface area contributed by atoms with Crippen LogP contribution >= 0.6 is 22.9 Å². The fourth-order valence-electron chi connectivity index (χ4n) is 4.31. The SMILES string of the molecule is COc1cc(Cl)ccc1Cn1nc(C(=O)NCCc2nc3c(s2)CCCC3)c2ccccc21. The van der Waals surface area contributed by atoms with Crippen molar-refractivity contribution in [2.24, 2.45) is 0 Å². The minimum Gasteiger partial charge on any atom is -0.496 e. The van der Waals surface area contributed by atoms with E-state index in [0.29, 0.717) is 29.6 Å².